The van der Waals surface area contributed by atoms with Crippen LogP contribution in [-0.2, 0) is 0 Å². The fourth-order valence-electron chi connectivity index (χ4n) is 1.41. The van der Waals surface area contributed by atoms with Gasteiger partial charge in [-0.05, 0) is 19.1 Å². The van der Waals surface area contributed by atoms with Gasteiger partial charge in [0.25, 0.3) is 0 Å². The Hall–Kier alpha value is -1.01. The molecule has 1 rings (SSSR count). The van der Waals surface area contributed by atoms with Crippen molar-refractivity contribution in [1.82, 2.24) is 9.97 Å². The van der Waals surface area contributed by atoms with Crippen molar-refractivity contribution < 1.29 is 0 Å². The summed E-state index contributed by atoms with van der Waals surface area (Å²) in [6.45, 7) is 6.57. The maximum absolute atomic E-state index is 5.41. The van der Waals surface area contributed by atoms with Crippen molar-refractivity contribution in [3.63, 3.8) is 0 Å². The summed E-state index contributed by atoms with van der Waals surface area (Å²) in [6.07, 6.45) is 1.95. The molecule has 6 heteroatoms. The molecule has 96 valence electrons. The second kappa shape index (κ2) is 6.07. The van der Waals surface area contributed by atoms with Crippen LogP contribution in [-0.4, -0.2) is 29.3 Å². The van der Waals surface area contributed by atoms with Crippen LogP contribution in [0.3, 0.4) is 0 Å². The summed E-state index contributed by atoms with van der Waals surface area (Å²) in [4.78, 5) is 10.9. The van der Waals surface area contributed by atoms with Crippen LogP contribution < -0.4 is 16.2 Å². The highest BCUT2D eigenvalue weighted by Crippen LogP contribution is 2.22. The van der Waals surface area contributed by atoms with Crippen LogP contribution in [0.2, 0.25) is 0 Å². The summed E-state index contributed by atoms with van der Waals surface area (Å²) in [5.74, 6) is 7.50. The van der Waals surface area contributed by atoms with Crippen LogP contribution in [0, 0.1) is 5.92 Å². The van der Waals surface area contributed by atoms with E-state index in [1.165, 1.54) is 11.8 Å². The van der Waals surface area contributed by atoms with Gasteiger partial charge < -0.3 is 10.3 Å². The van der Waals surface area contributed by atoms with Crippen LogP contribution in [0.1, 0.15) is 20.8 Å². The smallest absolute Gasteiger partial charge is 0.191 e. The van der Waals surface area contributed by atoms with E-state index < -0.39 is 0 Å². The summed E-state index contributed by atoms with van der Waals surface area (Å²) in [5, 5.41) is 0.721. The first-order valence-electron chi connectivity index (χ1n) is 5.62. The van der Waals surface area contributed by atoms with Gasteiger partial charge in [0.05, 0.1) is 0 Å². The third-order valence-electron chi connectivity index (χ3n) is 2.96. The fourth-order valence-corrected chi connectivity index (χ4v) is 1.79. The number of nitrogen functional groups attached to an aromatic ring is 1. The van der Waals surface area contributed by atoms with E-state index >= 15 is 0 Å². The maximum atomic E-state index is 5.41. The Labute approximate surface area is 107 Å². The van der Waals surface area contributed by atoms with Gasteiger partial charge in [-0.3, -0.25) is 0 Å². The Balaban J connectivity index is 3.03. The lowest BCUT2D eigenvalue weighted by molar-refractivity contribution is 0.501. The monoisotopic (exact) mass is 255 g/mol. The third kappa shape index (κ3) is 3.47. The quantitative estimate of drug-likeness (QED) is 0.363. The second-order valence-electron chi connectivity index (χ2n) is 4.34. The Morgan fingerprint density at radius 3 is 2.47 bits per heavy atom. The molecular formula is C11H21N5S. The number of nitrogens with zero attached hydrogens (tertiary/aromatic N) is 3. The highest BCUT2D eigenvalue weighted by molar-refractivity contribution is 7.98. The lowest BCUT2D eigenvalue weighted by atomic mass is 10.1. The molecule has 0 aliphatic heterocycles. The van der Waals surface area contributed by atoms with Gasteiger partial charge in [0, 0.05) is 19.2 Å². The lowest BCUT2D eigenvalue weighted by Gasteiger charge is -2.29. The second-order valence-corrected chi connectivity index (χ2v) is 5.11. The van der Waals surface area contributed by atoms with Gasteiger partial charge >= 0.3 is 0 Å². The standard InChI is InChI=1S/C11H21N5S/c1-7(2)8(3)16(4)10-6-9(15-12)13-11(14-10)17-5/h6-8H,12H2,1-5H3,(H,13,14,15). The topological polar surface area (TPSA) is 67.1 Å². The number of nitrogens with two attached hydrogens (primary N) is 1. The molecule has 0 fully saturated rings. The molecule has 1 atom stereocenters. The zero-order chi connectivity index (χ0) is 13.0. The number of hydrazine groups is 1. The van der Waals surface area contributed by atoms with Crippen LogP contribution in [0.15, 0.2) is 11.2 Å². The Bertz CT molecular complexity index is 347. The molecule has 0 saturated heterocycles. The largest absolute Gasteiger partial charge is 0.357 e. The minimum atomic E-state index is 0.408. The normalized spacial score (nSPS) is 12.6. The molecule has 0 saturated carbocycles. The average molecular weight is 255 g/mol. The molecule has 0 amide bonds. The summed E-state index contributed by atoms with van der Waals surface area (Å²) < 4.78 is 0. The van der Waals surface area contributed by atoms with Crippen LogP contribution in [0.4, 0.5) is 11.6 Å². The van der Waals surface area contributed by atoms with Crippen molar-refractivity contribution in [2.75, 3.05) is 23.6 Å². The van der Waals surface area contributed by atoms with Gasteiger partial charge in [0.15, 0.2) is 5.16 Å². The number of hydrogen-bond donors (Lipinski definition) is 2. The SMILES string of the molecule is CSc1nc(NN)cc(N(C)C(C)C(C)C)n1. The minimum Gasteiger partial charge on any atom is -0.357 e. The molecule has 5 nitrogen and oxygen atoms in total. The first-order chi connectivity index (χ1) is 7.99. The predicted octanol–water partition coefficient (Wildman–Crippen LogP) is 1.96. The number of hydrogen-bond acceptors (Lipinski definition) is 6. The van der Waals surface area contributed by atoms with E-state index in [1.54, 1.807) is 0 Å². The Morgan fingerprint density at radius 2 is 2.00 bits per heavy atom. The van der Waals surface area contributed by atoms with Crippen molar-refractivity contribution in [1.29, 1.82) is 0 Å². The molecule has 0 aromatic carbocycles. The summed E-state index contributed by atoms with van der Waals surface area (Å²) in [5.41, 5.74) is 2.57. The van der Waals surface area contributed by atoms with E-state index in [-0.39, 0.29) is 0 Å². The van der Waals surface area contributed by atoms with Crippen LogP contribution in [0.5, 0.6) is 0 Å². The van der Waals surface area contributed by atoms with E-state index in [0.717, 1.165) is 11.0 Å². The highest BCUT2D eigenvalue weighted by atomic mass is 32.2. The molecule has 0 radical (unpaired) electrons. The van der Waals surface area contributed by atoms with Crippen LogP contribution >= 0.6 is 11.8 Å². The van der Waals surface area contributed by atoms with Gasteiger partial charge in [-0.1, -0.05) is 25.6 Å². The van der Waals surface area contributed by atoms with E-state index in [1.807, 2.05) is 19.4 Å². The highest BCUT2D eigenvalue weighted by Gasteiger charge is 2.16. The molecule has 0 aliphatic rings. The fraction of sp³-hybridized carbons (Fsp3) is 0.636. The predicted molar refractivity (Wildman–Crippen MR) is 74.3 cm³/mol. The minimum absolute atomic E-state index is 0.408. The molecule has 17 heavy (non-hydrogen) atoms. The van der Waals surface area contributed by atoms with Gasteiger partial charge in [-0.25, -0.2) is 15.8 Å². The van der Waals surface area contributed by atoms with Gasteiger partial charge in [-0.2, -0.15) is 0 Å². The van der Waals surface area contributed by atoms with Crippen LogP contribution in [0.25, 0.3) is 0 Å². The number of aromatic nitrogens is 2. The molecule has 1 aromatic heterocycles. The van der Waals surface area contributed by atoms with Gasteiger partial charge in [-0.15, -0.1) is 0 Å². The number of rotatable bonds is 5. The third-order valence-corrected chi connectivity index (χ3v) is 3.51. The number of nitrogens with one attached hydrogen (secondary N) is 1. The van der Waals surface area contributed by atoms with Gasteiger partial charge in [0.1, 0.15) is 11.6 Å². The molecule has 3 N–H and O–H groups in total. The van der Waals surface area contributed by atoms with Crippen molar-refractivity contribution in [3.8, 4) is 0 Å². The van der Waals surface area contributed by atoms with Crippen molar-refractivity contribution >= 4 is 23.4 Å². The number of anilines is 2. The first-order valence-corrected chi connectivity index (χ1v) is 6.84. The van der Waals surface area contributed by atoms with Crippen molar-refractivity contribution in [3.05, 3.63) is 6.07 Å². The number of thioether (sulfide) groups is 1. The van der Waals surface area contributed by atoms with E-state index in [0.29, 0.717) is 17.8 Å². The summed E-state index contributed by atoms with van der Waals surface area (Å²) >= 11 is 1.51. The van der Waals surface area contributed by atoms with E-state index in [4.69, 9.17) is 5.84 Å². The van der Waals surface area contributed by atoms with Gasteiger partial charge in [0.2, 0.25) is 0 Å². The molecule has 0 spiro atoms. The Kier molecular flexibility index (Phi) is 5.02. The van der Waals surface area contributed by atoms with Crippen molar-refractivity contribution in [2.24, 2.45) is 11.8 Å². The molecular weight excluding hydrogens is 234 g/mol. The molecule has 0 bridgehead atoms. The Morgan fingerprint density at radius 1 is 1.35 bits per heavy atom. The zero-order valence-corrected chi connectivity index (χ0v) is 11.9. The zero-order valence-electron chi connectivity index (χ0n) is 11.1. The van der Waals surface area contributed by atoms with E-state index in [9.17, 15) is 0 Å². The maximum Gasteiger partial charge on any atom is 0.191 e. The average Bonchev–Trinajstić information content (AvgIpc) is 2.35. The molecule has 1 heterocycles. The summed E-state index contributed by atoms with van der Waals surface area (Å²) in [7, 11) is 2.04. The molecule has 1 unspecified atom stereocenters. The summed E-state index contributed by atoms with van der Waals surface area (Å²) in [6, 6.07) is 2.27. The first kappa shape index (κ1) is 14.1. The van der Waals surface area contributed by atoms with E-state index in [2.05, 4.69) is 41.1 Å². The lowest BCUT2D eigenvalue weighted by Crippen LogP contribution is -2.34. The molecule has 1 aromatic rings. The molecule has 0 aliphatic carbocycles. The van der Waals surface area contributed by atoms with Crippen molar-refractivity contribution in [2.45, 2.75) is 32.0 Å².